The molecule has 0 unspecified atom stereocenters. The molecule has 0 aliphatic carbocycles. The zero-order valence-corrected chi connectivity index (χ0v) is 13.7. The number of hydrogen-bond acceptors (Lipinski definition) is 4. The molecule has 0 aliphatic heterocycles. The average molecular weight is 341 g/mol. The van der Waals surface area contributed by atoms with Crippen molar-refractivity contribution in [2.45, 2.75) is 12.5 Å². The highest BCUT2D eigenvalue weighted by Crippen LogP contribution is 2.13. The molecule has 7 nitrogen and oxygen atoms in total. The summed E-state index contributed by atoms with van der Waals surface area (Å²) in [6.45, 7) is 0. The Kier molecular flexibility index (Phi) is 6.11. The number of benzene rings is 2. The molecular weight excluding hydrogens is 322 g/mol. The molecule has 0 aliphatic rings. The van der Waals surface area contributed by atoms with Crippen molar-refractivity contribution in [3.63, 3.8) is 0 Å². The van der Waals surface area contributed by atoms with Crippen molar-refractivity contribution in [1.29, 1.82) is 0 Å². The first-order chi connectivity index (χ1) is 12.0. The van der Waals surface area contributed by atoms with Gasteiger partial charge in [0.2, 0.25) is 5.91 Å². The Bertz CT molecular complexity index is 762. The van der Waals surface area contributed by atoms with Crippen molar-refractivity contribution in [3.8, 4) is 0 Å². The highest BCUT2D eigenvalue weighted by molar-refractivity contribution is 5.98. The third kappa shape index (κ3) is 5.35. The lowest BCUT2D eigenvalue weighted by atomic mass is 10.1. The van der Waals surface area contributed by atoms with Crippen molar-refractivity contribution >= 4 is 23.6 Å². The quantitative estimate of drug-likeness (QED) is 0.694. The molecule has 0 heterocycles. The van der Waals surface area contributed by atoms with Crippen LogP contribution in [-0.2, 0) is 16.0 Å². The standard InChI is InChI=1S/C18H19N3O4/c1-25-17(23)13-8-5-9-14(11-13)20-16(22)15(21-18(19)24)10-12-6-3-2-4-7-12/h2-9,11,15H,10H2,1H3,(H,20,22)(H3,19,21,24)/t15-/m0/s1. The van der Waals surface area contributed by atoms with Gasteiger partial charge in [-0.1, -0.05) is 36.4 Å². The van der Waals surface area contributed by atoms with E-state index >= 15 is 0 Å². The molecule has 3 amide bonds. The van der Waals surface area contributed by atoms with Crippen LogP contribution in [0.3, 0.4) is 0 Å². The molecule has 0 bridgehead atoms. The molecule has 2 rings (SSSR count). The summed E-state index contributed by atoms with van der Waals surface area (Å²) in [6.07, 6.45) is 0.284. The number of methoxy groups -OCH3 is 1. The number of primary amides is 1. The fourth-order valence-electron chi connectivity index (χ4n) is 2.30. The van der Waals surface area contributed by atoms with Gasteiger partial charge in [0.1, 0.15) is 6.04 Å². The summed E-state index contributed by atoms with van der Waals surface area (Å²) >= 11 is 0. The van der Waals surface area contributed by atoms with Crippen LogP contribution in [0.5, 0.6) is 0 Å². The van der Waals surface area contributed by atoms with E-state index in [0.717, 1.165) is 5.56 Å². The number of esters is 1. The average Bonchev–Trinajstić information content (AvgIpc) is 2.61. The summed E-state index contributed by atoms with van der Waals surface area (Å²) in [5.41, 5.74) is 6.77. The first kappa shape index (κ1) is 18.0. The molecule has 1 atom stereocenters. The maximum absolute atomic E-state index is 12.5. The van der Waals surface area contributed by atoms with Crippen LogP contribution in [0.25, 0.3) is 0 Å². The third-order valence-electron chi connectivity index (χ3n) is 3.47. The van der Waals surface area contributed by atoms with Gasteiger partial charge >= 0.3 is 12.0 Å². The Balaban J connectivity index is 2.13. The van der Waals surface area contributed by atoms with E-state index in [-0.39, 0.29) is 6.42 Å². The summed E-state index contributed by atoms with van der Waals surface area (Å²) in [6, 6.07) is 13.9. The summed E-state index contributed by atoms with van der Waals surface area (Å²) in [4.78, 5) is 35.3. The van der Waals surface area contributed by atoms with E-state index in [2.05, 4.69) is 15.4 Å². The Hall–Kier alpha value is -3.35. The lowest BCUT2D eigenvalue weighted by Gasteiger charge is -2.17. The maximum Gasteiger partial charge on any atom is 0.337 e. The fraction of sp³-hybridized carbons (Fsp3) is 0.167. The van der Waals surface area contributed by atoms with Crippen molar-refractivity contribution in [2.24, 2.45) is 5.73 Å². The molecule has 0 aromatic heterocycles. The van der Waals surface area contributed by atoms with Gasteiger partial charge in [0.15, 0.2) is 0 Å². The van der Waals surface area contributed by atoms with E-state index in [4.69, 9.17) is 5.73 Å². The summed E-state index contributed by atoms with van der Waals surface area (Å²) in [5.74, 6) is -0.947. The molecule has 2 aromatic carbocycles. The van der Waals surface area contributed by atoms with Gasteiger partial charge in [0.05, 0.1) is 12.7 Å². The Morgan fingerprint density at radius 2 is 1.80 bits per heavy atom. The molecule has 0 spiro atoms. The highest BCUT2D eigenvalue weighted by Gasteiger charge is 2.20. The van der Waals surface area contributed by atoms with E-state index < -0.39 is 23.9 Å². The van der Waals surface area contributed by atoms with Gasteiger partial charge in [-0.2, -0.15) is 0 Å². The SMILES string of the molecule is COC(=O)c1cccc(NC(=O)[C@H](Cc2ccccc2)NC(N)=O)c1. The largest absolute Gasteiger partial charge is 0.465 e. The summed E-state index contributed by atoms with van der Waals surface area (Å²) < 4.78 is 4.65. The van der Waals surface area contributed by atoms with Gasteiger partial charge in [-0.3, -0.25) is 4.79 Å². The minimum absolute atomic E-state index is 0.284. The number of urea groups is 1. The number of anilines is 1. The van der Waals surface area contributed by atoms with E-state index in [1.807, 2.05) is 30.3 Å². The van der Waals surface area contributed by atoms with Gasteiger partial charge in [-0.05, 0) is 23.8 Å². The van der Waals surface area contributed by atoms with E-state index in [0.29, 0.717) is 11.3 Å². The lowest BCUT2D eigenvalue weighted by molar-refractivity contribution is -0.117. The molecule has 0 radical (unpaired) electrons. The van der Waals surface area contributed by atoms with Crippen LogP contribution in [0.15, 0.2) is 54.6 Å². The molecule has 0 saturated heterocycles. The molecule has 4 N–H and O–H groups in total. The van der Waals surface area contributed by atoms with Crippen LogP contribution in [0, 0.1) is 0 Å². The number of carbonyl (C=O) groups is 3. The first-order valence-corrected chi connectivity index (χ1v) is 7.58. The summed E-state index contributed by atoms with van der Waals surface area (Å²) in [7, 11) is 1.28. The van der Waals surface area contributed by atoms with Crippen molar-refractivity contribution in [2.75, 3.05) is 12.4 Å². The van der Waals surface area contributed by atoms with Crippen LogP contribution < -0.4 is 16.4 Å². The normalized spacial score (nSPS) is 11.2. The van der Waals surface area contributed by atoms with Crippen molar-refractivity contribution in [1.82, 2.24) is 5.32 Å². The zero-order valence-electron chi connectivity index (χ0n) is 13.7. The molecule has 2 aromatic rings. The molecular formula is C18H19N3O4. The van der Waals surface area contributed by atoms with Gasteiger partial charge in [0, 0.05) is 12.1 Å². The number of nitrogens with one attached hydrogen (secondary N) is 2. The number of carbonyl (C=O) groups excluding carboxylic acids is 3. The van der Waals surface area contributed by atoms with Gasteiger partial charge < -0.3 is 21.1 Å². The number of ether oxygens (including phenoxy) is 1. The lowest BCUT2D eigenvalue weighted by Crippen LogP contribution is -2.47. The van der Waals surface area contributed by atoms with Gasteiger partial charge in [-0.25, -0.2) is 9.59 Å². The monoisotopic (exact) mass is 341 g/mol. The second kappa shape index (κ2) is 8.49. The third-order valence-corrected chi connectivity index (χ3v) is 3.47. The number of hydrogen-bond donors (Lipinski definition) is 3. The van der Waals surface area contributed by atoms with Crippen LogP contribution in [0.4, 0.5) is 10.5 Å². The van der Waals surface area contributed by atoms with Crippen molar-refractivity contribution in [3.05, 3.63) is 65.7 Å². The topological polar surface area (TPSA) is 111 Å². The molecule has 0 fully saturated rings. The van der Waals surface area contributed by atoms with Gasteiger partial charge in [0.25, 0.3) is 0 Å². The highest BCUT2D eigenvalue weighted by atomic mass is 16.5. The Labute approximate surface area is 145 Å². The van der Waals surface area contributed by atoms with Gasteiger partial charge in [-0.15, -0.1) is 0 Å². The fourth-order valence-corrected chi connectivity index (χ4v) is 2.30. The van der Waals surface area contributed by atoms with E-state index in [1.165, 1.54) is 13.2 Å². The summed E-state index contributed by atoms with van der Waals surface area (Å²) in [5, 5.41) is 5.10. The Morgan fingerprint density at radius 1 is 1.08 bits per heavy atom. The second-order valence-corrected chi connectivity index (χ2v) is 5.31. The molecule has 7 heteroatoms. The number of amides is 3. The Morgan fingerprint density at radius 3 is 2.44 bits per heavy atom. The minimum Gasteiger partial charge on any atom is -0.465 e. The predicted molar refractivity (Wildman–Crippen MR) is 93.1 cm³/mol. The van der Waals surface area contributed by atoms with Crippen LogP contribution >= 0.6 is 0 Å². The minimum atomic E-state index is -0.846. The van der Waals surface area contributed by atoms with E-state index in [9.17, 15) is 14.4 Å². The predicted octanol–water partition coefficient (Wildman–Crippen LogP) is 1.69. The number of nitrogens with two attached hydrogens (primary N) is 1. The maximum atomic E-state index is 12.5. The number of rotatable bonds is 6. The first-order valence-electron chi connectivity index (χ1n) is 7.58. The van der Waals surface area contributed by atoms with E-state index in [1.54, 1.807) is 18.2 Å². The van der Waals surface area contributed by atoms with Crippen LogP contribution in [0.1, 0.15) is 15.9 Å². The molecule has 0 saturated carbocycles. The van der Waals surface area contributed by atoms with Crippen molar-refractivity contribution < 1.29 is 19.1 Å². The smallest absolute Gasteiger partial charge is 0.337 e. The van der Waals surface area contributed by atoms with Crippen LogP contribution in [0.2, 0.25) is 0 Å². The van der Waals surface area contributed by atoms with Crippen LogP contribution in [-0.4, -0.2) is 31.1 Å². The zero-order chi connectivity index (χ0) is 18.2. The molecule has 25 heavy (non-hydrogen) atoms. The molecule has 130 valence electrons. The second-order valence-electron chi connectivity index (χ2n) is 5.31.